The Hall–Kier alpha value is -1.13. The summed E-state index contributed by atoms with van der Waals surface area (Å²) in [4.78, 5) is 10.5. The number of hydrogen-bond acceptors (Lipinski definition) is 4. The molecule has 86 valence electrons. The van der Waals surface area contributed by atoms with Crippen LogP contribution < -0.4 is 0 Å². The van der Waals surface area contributed by atoms with Gasteiger partial charge in [0.1, 0.15) is 0 Å². The number of nitriles is 1. The number of carbonyl (C=O) groups is 1. The summed E-state index contributed by atoms with van der Waals surface area (Å²) in [6.45, 7) is 2.67. The molecule has 0 aliphatic rings. The van der Waals surface area contributed by atoms with Gasteiger partial charge < -0.3 is 5.11 Å². The highest BCUT2D eigenvalue weighted by atomic mass is 32.2. The van der Waals surface area contributed by atoms with Gasteiger partial charge in [0.25, 0.3) is 0 Å². The lowest BCUT2D eigenvalue weighted by Gasteiger charge is -2.20. The van der Waals surface area contributed by atoms with Crippen LogP contribution in [0.4, 0.5) is 0 Å². The fourth-order valence-corrected chi connectivity index (χ4v) is 2.15. The van der Waals surface area contributed by atoms with Crippen molar-refractivity contribution in [3.05, 3.63) is 0 Å². The van der Waals surface area contributed by atoms with Gasteiger partial charge in [-0.2, -0.15) is 5.26 Å². The van der Waals surface area contributed by atoms with Crippen molar-refractivity contribution in [3.8, 4) is 6.07 Å². The molecule has 0 amide bonds. The summed E-state index contributed by atoms with van der Waals surface area (Å²) in [6.07, 6.45) is 0. The van der Waals surface area contributed by atoms with Crippen LogP contribution in [0.3, 0.4) is 0 Å². The maximum Gasteiger partial charge on any atom is 0.323 e. The molecule has 0 aromatic heterocycles. The zero-order chi connectivity index (χ0) is 12.2. The Bertz CT molecular complexity index is 371. The van der Waals surface area contributed by atoms with Crippen LogP contribution in [0.2, 0.25) is 0 Å². The molecule has 2 atom stereocenters. The van der Waals surface area contributed by atoms with Crippen LogP contribution in [0.15, 0.2) is 0 Å². The van der Waals surface area contributed by atoms with Gasteiger partial charge in [-0.3, -0.25) is 4.79 Å². The normalized spacial score (nSPS) is 15.7. The molecule has 0 rings (SSSR count). The molecule has 15 heavy (non-hydrogen) atoms. The molecule has 0 radical (unpaired) electrons. The van der Waals surface area contributed by atoms with Gasteiger partial charge in [0.15, 0.2) is 5.25 Å². The highest BCUT2D eigenvalue weighted by Gasteiger charge is 2.32. The van der Waals surface area contributed by atoms with Gasteiger partial charge in [0.2, 0.25) is 10.0 Å². The highest BCUT2D eigenvalue weighted by molar-refractivity contribution is 7.90. The quantitative estimate of drug-likeness (QED) is 0.715. The minimum absolute atomic E-state index is 0.00352. The molecule has 0 fully saturated rings. The molecule has 0 saturated heterocycles. The summed E-state index contributed by atoms with van der Waals surface area (Å²) in [6, 6.07) is 1.88. The predicted molar refractivity (Wildman–Crippen MR) is 53.4 cm³/mol. The van der Waals surface area contributed by atoms with Crippen molar-refractivity contribution >= 4 is 16.0 Å². The molecule has 6 nitrogen and oxygen atoms in total. The van der Waals surface area contributed by atoms with Crippen LogP contribution in [0.5, 0.6) is 0 Å². The van der Waals surface area contributed by atoms with Crippen LogP contribution in [-0.2, 0) is 14.8 Å². The lowest BCUT2D eigenvalue weighted by Crippen LogP contribution is -2.40. The molecule has 0 saturated carbocycles. The molecule has 0 bridgehead atoms. The first kappa shape index (κ1) is 13.9. The third-order valence-electron chi connectivity index (χ3n) is 1.98. The zero-order valence-electron chi connectivity index (χ0n) is 8.84. The first-order valence-corrected chi connectivity index (χ1v) is 5.81. The monoisotopic (exact) mass is 234 g/mol. The van der Waals surface area contributed by atoms with E-state index in [1.807, 2.05) is 6.07 Å². The molecule has 0 aromatic carbocycles. The van der Waals surface area contributed by atoms with E-state index in [0.29, 0.717) is 0 Å². The Morgan fingerprint density at radius 2 is 2.00 bits per heavy atom. The van der Waals surface area contributed by atoms with Gasteiger partial charge in [0.05, 0.1) is 12.0 Å². The van der Waals surface area contributed by atoms with E-state index in [1.54, 1.807) is 6.92 Å². The van der Waals surface area contributed by atoms with Gasteiger partial charge >= 0.3 is 5.97 Å². The largest absolute Gasteiger partial charge is 0.480 e. The third-order valence-corrected chi connectivity index (χ3v) is 4.09. The second-order valence-electron chi connectivity index (χ2n) is 3.34. The molecule has 0 aromatic rings. The van der Waals surface area contributed by atoms with Crippen LogP contribution in [0.1, 0.15) is 13.8 Å². The second kappa shape index (κ2) is 5.09. The summed E-state index contributed by atoms with van der Waals surface area (Å²) in [5.41, 5.74) is 0. The Kier molecular flexibility index (Phi) is 4.71. The molecule has 0 aliphatic heterocycles. The van der Waals surface area contributed by atoms with Crippen molar-refractivity contribution in [2.24, 2.45) is 5.92 Å². The highest BCUT2D eigenvalue weighted by Crippen LogP contribution is 2.09. The number of carboxylic acids is 1. The summed E-state index contributed by atoms with van der Waals surface area (Å²) in [7, 11) is -2.59. The summed E-state index contributed by atoms with van der Waals surface area (Å²) < 4.78 is 24.0. The smallest absolute Gasteiger partial charge is 0.323 e. The van der Waals surface area contributed by atoms with Gasteiger partial charge in [0, 0.05) is 13.6 Å². The van der Waals surface area contributed by atoms with Gasteiger partial charge in [-0.15, -0.1) is 0 Å². The Morgan fingerprint density at radius 1 is 1.53 bits per heavy atom. The van der Waals surface area contributed by atoms with Crippen molar-refractivity contribution in [3.63, 3.8) is 0 Å². The van der Waals surface area contributed by atoms with Gasteiger partial charge in [-0.1, -0.05) is 0 Å². The number of hydrogen-bond donors (Lipinski definition) is 1. The molecular weight excluding hydrogens is 220 g/mol. The fourth-order valence-electron chi connectivity index (χ4n) is 0.928. The third kappa shape index (κ3) is 3.49. The number of rotatable bonds is 5. The second-order valence-corrected chi connectivity index (χ2v) is 5.70. The van der Waals surface area contributed by atoms with E-state index in [9.17, 15) is 13.2 Å². The van der Waals surface area contributed by atoms with Crippen LogP contribution in [0, 0.1) is 17.2 Å². The van der Waals surface area contributed by atoms with Crippen LogP contribution in [0.25, 0.3) is 0 Å². The SMILES string of the molecule is CC(C#N)CN(C)S(=O)(=O)C(C)C(=O)O. The molecular formula is C8H14N2O4S. The summed E-state index contributed by atoms with van der Waals surface area (Å²) in [5.74, 6) is -1.86. The summed E-state index contributed by atoms with van der Waals surface area (Å²) >= 11 is 0. The average molecular weight is 234 g/mol. The van der Waals surface area contributed by atoms with Crippen LogP contribution >= 0.6 is 0 Å². The van der Waals surface area contributed by atoms with Crippen molar-refractivity contribution < 1.29 is 18.3 Å². The maximum atomic E-state index is 11.6. The Labute approximate surface area is 89.2 Å². The molecule has 0 spiro atoms. The van der Waals surface area contributed by atoms with Crippen molar-refractivity contribution in [2.75, 3.05) is 13.6 Å². The van der Waals surface area contributed by atoms with Crippen molar-refractivity contribution in [1.29, 1.82) is 5.26 Å². The first-order chi connectivity index (χ1) is 6.73. The fraction of sp³-hybridized carbons (Fsp3) is 0.750. The molecule has 7 heteroatoms. The van der Waals surface area contributed by atoms with E-state index >= 15 is 0 Å². The van der Waals surface area contributed by atoms with E-state index in [-0.39, 0.29) is 6.54 Å². The van der Waals surface area contributed by atoms with E-state index in [2.05, 4.69) is 0 Å². The lowest BCUT2D eigenvalue weighted by atomic mass is 10.2. The van der Waals surface area contributed by atoms with E-state index in [0.717, 1.165) is 11.2 Å². The predicted octanol–water partition coefficient (Wildman–Crippen LogP) is -0.119. The topological polar surface area (TPSA) is 98.5 Å². The van der Waals surface area contributed by atoms with Crippen molar-refractivity contribution in [1.82, 2.24) is 4.31 Å². The van der Waals surface area contributed by atoms with Crippen LogP contribution in [-0.4, -0.2) is 42.6 Å². The number of aliphatic carboxylic acids is 1. The minimum Gasteiger partial charge on any atom is -0.480 e. The Balaban J connectivity index is 4.76. The maximum absolute atomic E-state index is 11.6. The minimum atomic E-state index is -3.86. The summed E-state index contributed by atoms with van der Waals surface area (Å²) in [5, 5.41) is 15.6. The standard InChI is InChI=1S/C8H14N2O4S/c1-6(4-9)5-10(3)15(13,14)7(2)8(11)12/h6-7H,5H2,1-3H3,(H,11,12). The van der Waals surface area contributed by atoms with Crippen molar-refractivity contribution in [2.45, 2.75) is 19.1 Å². The number of sulfonamides is 1. The van der Waals surface area contributed by atoms with Gasteiger partial charge in [-0.05, 0) is 13.8 Å². The number of nitrogens with zero attached hydrogens (tertiary/aromatic N) is 2. The molecule has 2 unspecified atom stereocenters. The van der Waals surface area contributed by atoms with E-state index in [4.69, 9.17) is 10.4 Å². The molecule has 1 N–H and O–H groups in total. The lowest BCUT2D eigenvalue weighted by molar-refractivity contribution is -0.136. The first-order valence-electron chi connectivity index (χ1n) is 4.31. The number of carboxylic acid groups (broad SMARTS) is 1. The average Bonchev–Trinajstić information content (AvgIpc) is 2.15. The van der Waals surface area contributed by atoms with E-state index < -0.39 is 27.2 Å². The van der Waals surface area contributed by atoms with Gasteiger partial charge in [-0.25, -0.2) is 12.7 Å². The van der Waals surface area contributed by atoms with E-state index in [1.165, 1.54) is 7.05 Å². The molecule has 0 aliphatic carbocycles. The molecule has 0 heterocycles. The Morgan fingerprint density at radius 3 is 2.33 bits per heavy atom. The zero-order valence-corrected chi connectivity index (χ0v) is 9.65.